The van der Waals surface area contributed by atoms with E-state index in [0.717, 1.165) is 17.9 Å². The lowest BCUT2D eigenvalue weighted by Gasteiger charge is -2.36. The van der Waals surface area contributed by atoms with Crippen LogP contribution in [0.1, 0.15) is 29.8 Å². The highest BCUT2D eigenvalue weighted by atomic mass is 16.5. The summed E-state index contributed by atoms with van der Waals surface area (Å²) in [6.45, 7) is 6.37. The Labute approximate surface area is 219 Å². The average molecular weight is 514 g/mol. The van der Waals surface area contributed by atoms with Crippen molar-refractivity contribution in [2.24, 2.45) is 5.92 Å². The van der Waals surface area contributed by atoms with Gasteiger partial charge in [0.15, 0.2) is 0 Å². The van der Waals surface area contributed by atoms with E-state index in [1.54, 1.807) is 44.4 Å². The first-order valence-corrected chi connectivity index (χ1v) is 12.5. The zero-order valence-electron chi connectivity index (χ0n) is 22.7. The molecule has 9 heteroatoms. The topological polar surface area (TPSA) is 89.6 Å². The second-order valence-electron chi connectivity index (χ2n) is 9.53. The minimum atomic E-state index is -0.285. The minimum absolute atomic E-state index is 0.0108. The fourth-order valence-corrected chi connectivity index (χ4v) is 4.53. The SMILES string of the molecule is COCC(=O)Nc1ccc2c(c1)OC[C@@H](C)N(Cc1ccccc1OC)C[C@@H](C)[C@@H](OC)CN(C)C2=O. The average Bonchev–Trinajstić information content (AvgIpc) is 2.89. The Morgan fingerprint density at radius 1 is 1.11 bits per heavy atom. The molecule has 9 nitrogen and oxygen atoms in total. The number of benzene rings is 2. The van der Waals surface area contributed by atoms with Crippen molar-refractivity contribution in [1.82, 2.24) is 9.80 Å². The summed E-state index contributed by atoms with van der Waals surface area (Å²) in [5, 5.41) is 2.78. The van der Waals surface area contributed by atoms with Gasteiger partial charge in [-0.1, -0.05) is 25.1 Å². The second-order valence-corrected chi connectivity index (χ2v) is 9.53. The van der Waals surface area contributed by atoms with Crippen molar-refractivity contribution in [3.63, 3.8) is 0 Å². The van der Waals surface area contributed by atoms with Gasteiger partial charge in [-0.25, -0.2) is 0 Å². The number of amides is 2. The summed E-state index contributed by atoms with van der Waals surface area (Å²) in [4.78, 5) is 29.4. The number of carbonyl (C=O) groups is 2. The molecule has 0 saturated heterocycles. The van der Waals surface area contributed by atoms with Crippen LogP contribution in [0.3, 0.4) is 0 Å². The standard InChI is InChI=1S/C28H39N3O6/c1-19-14-31(15-21-9-7-8-10-24(21)35-5)20(2)17-37-25-13-22(29-27(32)18-34-4)11-12-23(25)28(33)30(3)16-26(19)36-6/h7-13,19-20,26H,14-18H2,1-6H3,(H,29,32)/t19-,20-,26+/m1/s1. The van der Waals surface area contributed by atoms with E-state index in [0.29, 0.717) is 36.7 Å². The normalized spacial score (nSPS) is 21.3. The second kappa shape index (κ2) is 13.4. The summed E-state index contributed by atoms with van der Waals surface area (Å²) in [5.74, 6) is 0.948. The van der Waals surface area contributed by atoms with Crippen molar-refractivity contribution in [2.75, 3.05) is 60.0 Å². The van der Waals surface area contributed by atoms with Gasteiger partial charge in [0.05, 0.1) is 18.8 Å². The van der Waals surface area contributed by atoms with Crippen LogP contribution in [-0.2, 0) is 20.8 Å². The zero-order valence-corrected chi connectivity index (χ0v) is 22.7. The molecule has 1 aliphatic rings. The van der Waals surface area contributed by atoms with Crippen LogP contribution in [0.25, 0.3) is 0 Å². The highest BCUT2D eigenvalue weighted by Crippen LogP contribution is 2.28. The summed E-state index contributed by atoms with van der Waals surface area (Å²) in [7, 11) is 6.59. The molecule has 1 aliphatic heterocycles. The predicted octanol–water partition coefficient (Wildman–Crippen LogP) is 3.29. The molecule has 3 atom stereocenters. The molecule has 202 valence electrons. The van der Waals surface area contributed by atoms with Gasteiger partial charge < -0.3 is 29.2 Å². The van der Waals surface area contributed by atoms with E-state index in [9.17, 15) is 9.59 Å². The van der Waals surface area contributed by atoms with Crippen LogP contribution in [0.2, 0.25) is 0 Å². The number of fused-ring (bicyclic) bond motifs is 1. The van der Waals surface area contributed by atoms with Crippen LogP contribution in [0.5, 0.6) is 11.5 Å². The molecule has 0 radical (unpaired) electrons. The van der Waals surface area contributed by atoms with Gasteiger partial charge in [0.1, 0.15) is 24.7 Å². The smallest absolute Gasteiger partial charge is 0.257 e. The van der Waals surface area contributed by atoms with Crippen LogP contribution in [0, 0.1) is 5.92 Å². The molecule has 3 rings (SSSR count). The third kappa shape index (κ3) is 7.44. The fourth-order valence-electron chi connectivity index (χ4n) is 4.53. The number of ether oxygens (including phenoxy) is 4. The van der Waals surface area contributed by atoms with Crippen molar-refractivity contribution in [3.05, 3.63) is 53.6 Å². The van der Waals surface area contributed by atoms with Crippen LogP contribution >= 0.6 is 0 Å². The molecule has 2 aromatic rings. The molecule has 37 heavy (non-hydrogen) atoms. The van der Waals surface area contributed by atoms with Crippen molar-refractivity contribution in [2.45, 2.75) is 32.5 Å². The molecule has 0 saturated carbocycles. The molecule has 0 aliphatic carbocycles. The maximum atomic E-state index is 13.4. The lowest BCUT2D eigenvalue weighted by atomic mass is 10.0. The number of hydrogen-bond donors (Lipinski definition) is 1. The first-order valence-electron chi connectivity index (χ1n) is 12.5. The lowest BCUT2D eigenvalue weighted by molar-refractivity contribution is -0.119. The number of para-hydroxylation sites is 1. The maximum Gasteiger partial charge on any atom is 0.257 e. The van der Waals surface area contributed by atoms with Crippen LogP contribution in [-0.4, -0.2) is 88.4 Å². The van der Waals surface area contributed by atoms with Crippen molar-refractivity contribution >= 4 is 17.5 Å². The van der Waals surface area contributed by atoms with Gasteiger partial charge in [-0.3, -0.25) is 14.5 Å². The van der Waals surface area contributed by atoms with E-state index in [4.69, 9.17) is 18.9 Å². The monoisotopic (exact) mass is 513 g/mol. The first kappa shape index (κ1) is 28.4. The molecule has 0 fully saturated rings. The van der Waals surface area contributed by atoms with Crippen LogP contribution in [0.4, 0.5) is 5.69 Å². The molecule has 0 spiro atoms. The maximum absolute atomic E-state index is 13.4. The Hall–Kier alpha value is -3.14. The quantitative estimate of drug-likeness (QED) is 0.608. The number of rotatable bonds is 7. The summed E-state index contributed by atoms with van der Waals surface area (Å²) < 4.78 is 22.6. The van der Waals surface area contributed by atoms with Crippen molar-refractivity contribution in [1.29, 1.82) is 0 Å². The van der Waals surface area contributed by atoms with Crippen LogP contribution < -0.4 is 14.8 Å². The Bertz CT molecular complexity index is 1060. The van der Waals surface area contributed by atoms with Gasteiger partial charge in [-0.2, -0.15) is 0 Å². The fraction of sp³-hybridized carbons (Fsp3) is 0.500. The Morgan fingerprint density at radius 3 is 2.57 bits per heavy atom. The molecule has 0 unspecified atom stereocenters. The largest absolute Gasteiger partial charge is 0.496 e. The van der Waals surface area contributed by atoms with Crippen molar-refractivity contribution < 1.29 is 28.5 Å². The summed E-state index contributed by atoms with van der Waals surface area (Å²) in [6.07, 6.45) is -0.155. The summed E-state index contributed by atoms with van der Waals surface area (Å²) in [5.41, 5.74) is 2.05. The summed E-state index contributed by atoms with van der Waals surface area (Å²) >= 11 is 0. The number of methoxy groups -OCH3 is 3. The van der Waals surface area contributed by atoms with Gasteiger partial charge in [-0.15, -0.1) is 0 Å². The highest BCUT2D eigenvalue weighted by molar-refractivity contribution is 5.98. The minimum Gasteiger partial charge on any atom is -0.496 e. The van der Waals surface area contributed by atoms with Gasteiger partial charge in [0, 0.05) is 64.3 Å². The molecular weight excluding hydrogens is 474 g/mol. The van der Waals surface area contributed by atoms with Gasteiger partial charge in [0.2, 0.25) is 5.91 Å². The van der Waals surface area contributed by atoms with E-state index in [1.165, 1.54) is 7.11 Å². The number of nitrogens with one attached hydrogen (secondary N) is 1. The molecule has 1 N–H and O–H groups in total. The van der Waals surface area contributed by atoms with Gasteiger partial charge >= 0.3 is 0 Å². The van der Waals surface area contributed by atoms with E-state index in [1.807, 2.05) is 18.2 Å². The predicted molar refractivity (Wildman–Crippen MR) is 142 cm³/mol. The highest BCUT2D eigenvalue weighted by Gasteiger charge is 2.29. The third-order valence-corrected chi connectivity index (χ3v) is 6.70. The van der Waals surface area contributed by atoms with Gasteiger partial charge in [-0.05, 0) is 31.0 Å². The summed E-state index contributed by atoms with van der Waals surface area (Å²) in [6, 6.07) is 13.1. The number of likely N-dealkylation sites (N-methyl/N-ethyl adjacent to an activating group) is 1. The molecule has 2 amide bonds. The molecule has 0 bridgehead atoms. The van der Waals surface area contributed by atoms with E-state index in [2.05, 4.69) is 30.1 Å². The molecule has 1 heterocycles. The Balaban J connectivity index is 1.95. The number of nitrogens with zero attached hydrogens (tertiary/aromatic N) is 2. The number of anilines is 1. The molecule has 0 aromatic heterocycles. The molecular formula is C28H39N3O6. The number of carbonyl (C=O) groups excluding carboxylic acids is 2. The van der Waals surface area contributed by atoms with E-state index in [-0.39, 0.29) is 36.5 Å². The third-order valence-electron chi connectivity index (χ3n) is 6.70. The Kier molecular flexibility index (Phi) is 10.3. The molecule has 2 aromatic carbocycles. The van der Waals surface area contributed by atoms with Gasteiger partial charge in [0.25, 0.3) is 5.91 Å². The van der Waals surface area contributed by atoms with Crippen LogP contribution in [0.15, 0.2) is 42.5 Å². The first-order chi connectivity index (χ1) is 17.8. The zero-order chi connectivity index (χ0) is 26.9. The Morgan fingerprint density at radius 2 is 1.86 bits per heavy atom. The van der Waals surface area contributed by atoms with Crippen molar-refractivity contribution in [3.8, 4) is 11.5 Å². The lowest BCUT2D eigenvalue weighted by Crippen LogP contribution is -2.46. The number of hydrogen-bond acceptors (Lipinski definition) is 7. The van der Waals surface area contributed by atoms with E-state index < -0.39 is 0 Å². The van der Waals surface area contributed by atoms with E-state index >= 15 is 0 Å².